The van der Waals surface area contributed by atoms with Gasteiger partial charge in [-0.25, -0.2) is 0 Å². The van der Waals surface area contributed by atoms with Gasteiger partial charge in [0.1, 0.15) is 0 Å². The van der Waals surface area contributed by atoms with E-state index in [0.29, 0.717) is 19.8 Å². The molecule has 21 heavy (non-hydrogen) atoms. The molecule has 0 aromatic heterocycles. The van der Waals surface area contributed by atoms with Crippen LogP contribution in [-0.4, -0.2) is 31.1 Å². The first-order valence-electron chi connectivity index (χ1n) is 6.90. The lowest BCUT2D eigenvalue weighted by Crippen LogP contribution is -2.49. The van der Waals surface area contributed by atoms with Gasteiger partial charge in [-0.1, -0.05) is 12.1 Å². The maximum Gasteiger partial charge on any atom is 0.230 e. The van der Waals surface area contributed by atoms with Crippen LogP contribution in [0, 0.1) is 5.41 Å². The van der Waals surface area contributed by atoms with E-state index in [9.17, 15) is 9.59 Å². The summed E-state index contributed by atoms with van der Waals surface area (Å²) >= 11 is 0. The molecule has 6 heteroatoms. The van der Waals surface area contributed by atoms with Crippen molar-refractivity contribution in [2.45, 2.75) is 26.4 Å². The topological polar surface area (TPSA) is 93.5 Å². The monoisotopic (exact) mass is 291 g/mol. The molecule has 2 rings (SSSR count). The molecule has 0 aliphatic carbocycles. The zero-order chi connectivity index (χ0) is 15.5. The number of carbonyl (C=O) groups is 2. The Balaban J connectivity index is 1.91. The van der Waals surface area contributed by atoms with Crippen LogP contribution in [0.25, 0.3) is 0 Å². The summed E-state index contributed by atoms with van der Waals surface area (Å²) in [4.78, 5) is 23.2. The Morgan fingerprint density at radius 1 is 1.38 bits per heavy atom. The van der Waals surface area contributed by atoms with Crippen molar-refractivity contribution in [3.05, 3.63) is 29.8 Å². The lowest BCUT2D eigenvalue weighted by atomic mass is 9.85. The zero-order valence-electron chi connectivity index (χ0n) is 12.3. The van der Waals surface area contributed by atoms with Crippen molar-refractivity contribution in [1.29, 1.82) is 0 Å². The van der Waals surface area contributed by atoms with Gasteiger partial charge in [-0.15, -0.1) is 0 Å². The van der Waals surface area contributed by atoms with Crippen LogP contribution in [0.1, 0.15) is 19.4 Å². The molecule has 1 aromatic rings. The lowest BCUT2D eigenvalue weighted by molar-refractivity contribution is -0.130. The summed E-state index contributed by atoms with van der Waals surface area (Å²) in [5.41, 5.74) is 6.94. The summed E-state index contributed by atoms with van der Waals surface area (Å²) in [6.45, 7) is 4.46. The summed E-state index contributed by atoms with van der Waals surface area (Å²) in [7, 11) is 0. The summed E-state index contributed by atoms with van der Waals surface area (Å²) in [6, 6.07) is 7.04. The molecule has 2 atom stereocenters. The molecule has 0 radical (unpaired) electrons. The molecule has 0 spiro atoms. The Morgan fingerprint density at radius 3 is 2.57 bits per heavy atom. The maximum atomic E-state index is 12.2. The number of ether oxygens (including phenoxy) is 1. The van der Waals surface area contributed by atoms with E-state index in [1.165, 1.54) is 6.92 Å². The third kappa shape index (κ3) is 3.59. The van der Waals surface area contributed by atoms with E-state index in [2.05, 4.69) is 10.6 Å². The Labute approximate surface area is 124 Å². The SMILES string of the molecule is CC(=O)Nc1ccc(CNC(=O)C2(C)COCC2N)cc1. The largest absolute Gasteiger partial charge is 0.379 e. The molecule has 2 amide bonds. The van der Waals surface area contributed by atoms with Crippen LogP contribution in [0.4, 0.5) is 5.69 Å². The summed E-state index contributed by atoms with van der Waals surface area (Å²) in [5, 5.41) is 5.58. The Morgan fingerprint density at radius 2 is 2.05 bits per heavy atom. The summed E-state index contributed by atoms with van der Waals surface area (Å²) < 4.78 is 5.27. The number of anilines is 1. The minimum Gasteiger partial charge on any atom is -0.379 e. The van der Waals surface area contributed by atoms with Gasteiger partial charge in [0.2, 0.25) is 11.8 Å². The number of nitrogens with two attached hydrogens (primary N) is 1. The van der Waals surface area contributed by atoms with E-state index in [0.717, 1.165) is 11.3 Å². The van der Waals surface area contributed by atoms with Crippen molar-refractivity contribution >= 4 is 17.5 Å². The molecule has 0 saturated carbocycles. The second kappa shape index (κ2) is 6.24. The fourth-order valence-corrected chi connectivity index (χ4v) is 2.22. The molecule has 1 aliphatic rings. The predicted molar refractivity (Wildman–Crippen MR) is 79.5 cm³/mol. The van der Waals surface area contributed by atoms with Gasteiger partial charge >= 0.3 is 0 Å². The van der Waals surface area contributed by atoms with Crippen molar-refractivity contribution in [2.75, 3.05) is 18.5 Å². The van der Waals surface area contributed by atoms with Crippen molar-refractivity contribution < 1.29 is 14.3 Å². The number of hydrogen-bond donors (Lipinski definition) is 3. The molecule has 0 bridgehead atoms. The van der Waals surface area contributed by atoms with E-state index in [-0.39, 0.29) is 17.9 Å². The molecule has 1 aliphatic heterocycles. The zero-order valence-corrected chi connectivity index (χ0v) is 12.3. The number of rotatable bonds is 4. The fourth-order valence-electron chi connectivity index (χ4n) is 2.22. The van der Waals surface area contributed by atoms with Crippen LogP contribution >= 0.6 is 0 Å². The molecular formula is C15H21N3O3. The van der Waals surface area contributed by atoms with Crippen LogP contribution in [-0.2, 0) is 20.9 Å². The Kier molecular flexibility index (Phi) is 4.59. The average molecular weight is 291 g/mol. The molecule has 1 saturated heterocycles. The van der Waals surface area contributed by atoms with Gasteiger partial charge in [-0.3, -0.25) is 9.59 Å². The van der Waals surface area contributed by atoms with E-state index in [1.54, 1.807) is 12.1 Å². The van der Waals surface area contributed by atoms with Crippen LogP contribution in [0.3, 0.4) is 0 Å². The number of nitrogens with one attached hydrogen (secondary N) is 2. The highest BCUT2D eigenvalue weighted by Crippen LogP contribution is 2.27. The average Bonchev–Trinajstić information content (AvgIpc) is 2.78. The van der Waals surface area contributed by atoms with Crippen LogP contribution < -0.4 is 16.4 Å². The standard InChI is InChI=1S/C15H21N3O3/c1-10(19)18-12-5-3-11(4-6-12)7-17-14(20)15(2)9-21-8-13(15)16/h3-6,13H,7-9,16H2,1-2H3,(H,17,20)(H,18,19). The Hall–Kier alpha value is -1.92. The molecule has 1 heterocycles. The normalized spacial score (nSPS) is 24.6. The third-order valence-electron chi connectivity index (χ3n) is 3.76. The van der Waals surface area contributed by atoms with Gasteiger partial charge in [0.05, 0.1) is 18.6 Å². The number of benzene rings is 1. The number of hydrogen-bond acceptors (Lipinski definition) is 4. The van der Waals surface area contributed by atoms with Crippen LogP contribution in [0.15, 0.2) is 24.3 Å². The molecule has 2 unspecified atom stereocenters. The van der Waals surface area contributed by atoms with Gasteiger partial charge in [-0.05, 0) is 24.6 Å². The van der Waals surface area contributed by atoms with Gasteiger partial charge in [-0.2, -0.15) is 0 Å². The molecule has 114 valence electrons. The van der Waals surface area contributed by atoms with E-state index < -0.39 is 5.41 Å². The predicted octanol–water partition coefficient (Wildman–Crippen LogP) is 0.625. The van der Waals surface area contributed by atoms with Crippen molar-refractivity contribution in [3.63, 3.8) is 0 Å². The van der Waals surface area contributed by atoms with Gasteiger partial charge in [0.15, 0.2) is 0 Å². The van der Waals surface area contributed by atoms with Crippen LogP contribution in [0.5, 0.6) is 0 Å². The first-order valence-corrected chi connectivity index (χ1v) is 6.90. The fraction of sp³-hybridized carbons (Fsp3) is 0.467. The second-order valence-corrected chi connectivity index (χ2v) is 5.60. The molecule has 4 N–H and O–H groups in total. The molecule has 1 fully saturated rings. The lowest BCUT2D eigenvalue weighted by Gasteiger charge is -2.25. The Bertz CT molecular complexity index is 529. The quantitative estimate of drug-likeness (QED) is 0.758. The first-order chi connectivity index (χ1) is 9.91. The summed E-state index contributed by atoms with van der Waals surface area (Å²) in [6.07, 6.45) is 0. The van der Waals surface area contributed by atoms with Crippen molar-refractivity contribution in [1.82, 2.24) is 5.32 Å². The van der Waals surface area contributed by atoms with Gasteiger partial charge in [0.25, 0.3) is 0 Å². The van der Waals surface area contributed by atoms with Crippen molar-refractivity contribution in [2.24, 2.45) is 11.1 Å². The minimum atomic E-state index is -0.671. The second-order valence-electron chi connectivity index (χ2n) is 5.60. The maximum absolute atomic E-state index is 12.2. The van der Waals surface area contributed by atoms with Gasteiger partial charge < -0.3 is 21.1 Å². The summed E-state index contributed by atoms with van der Waals surface area (Å²) in [5.74, 6) is -0.211. The van der Waals surface area contributed by atoms with Crippen molar-refractivity contribution in [3.8, 4) is 0 Å². The molecule has 6 nitrogen and oxygen atoms in total. The smallest absolute Gasteiger partial charge is 0.230 e. The highest BCUT2D eigenvalue weighted by molar-refractivity contribution is 5.88. The van der Waals surface area contributed by atoms with E-state index in [4.69, 9.17) is 10.5 Å². The van der Waals surface area contributed by atoms with Gasteiger partial charge in [0, 0.05) is 25.2 Å². The number of amides is 2. The highest BCUT2D eigenvalue weighted by atomic mass is 16.5. The molecule has 1 aromatic carbocycles. The van der Waals surface area contributed by atoms with E-state index in [1.807, 2.05) is 19.1 Å². The minimum absolute atomic E-state index is 0.0987. The van der Waals surface area contributed by atoms with E-state index >= 15 is 0 Å². The molecular weight excluding hydrogens is 270 g/mol. The first kappa shape index (κ1) is 15.5. The number of carbonyl (C=O) groups excluding carboxylic acids is 2. The third-order valence-corrected chi connectivity index (χ3v) is 3.76. The van der Waals surface area contributed by atoms with Crippen LogP contribution in [0.2, 0.25) is 0 Å². The highest BCUT2D eigenvalue weighted by Gasteiger charge is 2.44.